The molecule has 0 saturated heterocycles. The number of aryl methyl sites for hydroxylation is 1. The van der Waals surface area contributed by atoms with Crippen LogP contribution in [0.4, 0.5) is 0 Å². The molecule has 0 spiro atoms. The molecule has 3 N–H and O–H groups in total. The highest BCUT2D eigenvalue weighted by molar-refractivity contribution is 5.85. The molecule has 1 aliphatic carbocycles. The van der Waals surface area contributed by atoms with Gasteiger partial charge in [0, 0.05) is 18.0 Å². The standard InChI is InChI=1S/C18H23N3O2.ClH/c1-12-5-7-13(8-6-12)18-21-15(11-23-18)10-20-17(22)9-14-3-2-4-16(14)19;/h5-8,11,14,16H,2-4,9-10,19H2,1H3,(H,20,22);1H/t14-,16+;/m0./s1. The van der Waals surface area contributed by atoms with Gasteiger partial charge >= 0.3 is 0 Å². The summed E-state index contributed by atoms with van der Waals surface area (Å²) in [5.74, 6) is 0.926. The molecule has 130 valence electrons. The molecule has 1 aromatic carbocycles. The van der Waals surface area contributed by atoms with E-state index in [2.05, 4.69) is 10.3 Å². The molecule has 2 atom stereocenters. The van der Waals surface area contributed by atoms with Gasteiger partial charge in [-0.2, -0.15) is 0 Å². The molecular weight excluding hydrogens is 326 g/mol. The van der Waals surface area contributed by atoms with E-state index in [0.717, 1.165) is 30.5 Å². The predicted molar refractivity (Wildman–Crippen MR) is 95.7 cm³/mol. The van der Waals surface area contributed by atoms with Crippen LogP contribution < -0.4 is 11.1 Å². The van der Waals surface area contributed by atoms with Crippen LogP contribution in [0.1, 0.15) is 36.9 Å². The SMILES string of the molecule is Cc1ccc(-c2nc(CNC(=O)C[C@@H]3CCC[C@H]3N)co2)cc1.Cl. The molecule has 5 nitrogen and oxygen atoms in total. The number of halogens is 1. The molecular formula is C18H24ClN3O2. The summed E-state index contributed by atoms with van der Waals surface area (Å²) in [6, 6.07) is 8.16. The average molecular weight is 350 g/mol. The first kappa shape index (κ1) is 18.5. The predicted octanol–water partition coefficient (Wildman–Crippen LogP) is 3.21. The molecule has 1 fully saturated rings. The van der Waals surface area contributed by atoms with Gasteiger partial charge in [-0.05, 0) is 37.8 Å². The van der Waals surface area contributed by atoms with Crippen molar-refractivity contribution in [1.82, 2.24) is 10.3 Å². The Kier molecular flexibility index (Phi) is 6.40. The van der Waals surface area contributed by atoms with Crippen molar-refractivity contribution in [2.24, 2.45) is 11.7 Å². The van der Waals surface area contributed by atoms with Gasteiger partial charge in [0.1, 0.15) is 6.26 Å². The number of rotatable bonds is 5. The molecule has 6 heteroatoms. The number of hydrogen-bond acceptors (Lipinski definition) is 4. The maximum atomic E-state index is 12.0. The van der Waals surface area contributed by atoms with Crippen molar-refractivity contribution in [3.05, 3.63) is 41.8 Å². The smallest absolute Gasteiger partial charge is 0.226 e. The summed E-state index contributed by atoms with van der Waals surface area (Å²) in [5, 5.41) is 2.90. The number of benzene rings is 1. The van der Waals surface area contributed by atoms with Crippen molar-refractivity contribution in [1.29, 1.82) is 0 Å². The fourth-order valence-electron chi connectivity index (χ4n) is 3.04. The molecule has 1 heterocycles. The van der Waals surface area contributed by atoms with E-state index in [1.54, 1.807) is 6.26 Å². The van der Waals surface area contributed by atoms with E-state index in [1.165, 1.54) is 5.56 Å². The molecule has 2 aromatic rings. The number of carbonyl (C=O) groups excluding carboxylic acids is 1. The normalized spacial score (nSPS) is 19.8. The van der Waals surface area contributed by atoms with Crippen LogP contribution in [0.3, 0.4) is 0 Å². The van der Waals surface area contributed by atoms with Crippen molar-refractivity contribution in [3.63, 3.8) is 0 Å². The third kappa shape index (κ3) is 4.58. The van der Waals surface area contributed by atoms with Gasteiger partial charge in [-0.3, -0.25) is 4.79 Å². The highest BCUT2D eigenvalue weighted by Crippen LogP contribution is 2.26. The number of amides is 1. The van der Waals surface area contributed by atoms with Crippen LogP contribution in [0.5, 0.6) is 0 Å². The first-order valence-corrected chi connectivity index (χ1v) is 8.15. The van der Waals surface area contributed by atoms with Crippen LogP contribution in [0.2, 0.25) is 0 Å². The maximum absolute atomic E-state index is 12.0. The lowest BCUT2D eigenvalue weighted by atomic mass is 10.00. The first-order chi connectivity index (χ1) is 11.1. The monoisotopic (exact) mass is 349 g/mol. The molecule has 1 aromatic heterocycles. The summed E-state index contributed by atoms with van der Waals surface area (Å²) in [7, 11) is 0. The fourth-order valence-corrected chi connectivity index (χ4v) is 3.04. The number of nitrogens with two attached hydrogens (primary N) is 1. The lowest BCUT2D eigenvalue weighted by molar-refractivity contribution is -0.122. The second-order valence-electron chi connectivity index (χ2n) is 6.35. The second kappa shape index (κ2) is 8.31. The highest BCUT2D eigenvalue weighted by Gasteiger charge is 2.25. The van der Waals surface area contributed by atoms with Crippen LogP contribution in [-0.2, 0) is 11.3 Å². The Labute approximate surface area is 148 Å². The third-order valence-electron chi connectivity index (χ3n) is 4.48. The topological polar surface area (TPSA) is 81.2 Å². The van der Waals surface area contributed by atoms with E-state index in [1.807, 2.05) is 31.2 Å². The summed E-state index contributed by atoms with van der Waals surface area (Å²) >= 11 is 0. The Bertz CT molecular complexity index is 669. The number of hydrogen-bond donors (Lipinski definition) is 2. The zero-order valence-corrected chi connectivity index (χ0v) is 14.6. The lowest BCUT2D eigenvalue weighted by Crippen LogP contribution is -2.31. The van der Waals surface area contributed by atoms with Gasteiger partial charge in [-0.1, -0.05) is 24.1 Å². The molecule has 3 rings (SSSR count). The minimum absolute atomic E-state index is 0. The Morgan fingerprint density at radius 1 is 1.33 bits per heavy atom. The quantitative estimate of drug-likeness (QED) is 0.868. The Balaban J connectivity index is 0.00000208. The van der Waals surface area contributed by atoms with Crippen LogP contribution in [0, 0.1) is 12.8 Å². The number of oxazole rings is 1. The molecule has 24 heavy (non-hydrogen) atoms. The summed E-state index contributed by atoms with van der Waals surface area (Å²) in [4.78, 5) is 16.4. The molecule has 0 unspecified atom stereocenters. The van der Waals surface area contributed by atoms with Gasteiger partial charge in [0.25, 0.3) is 0 Å². The maximum Gasteiger partial charge on any atom is 0.226 e. The van der Waals surface area contributed by atoms with Gasteiger partial charge in [0.2, 0.25) is 11.8 Å². The number of aromatic nitrogens is 1. The van der Waals surface area contributed by atoms with E-state index in [9.17, 15) is 4.79 Å². The summed E-state index contributed by atoms with van der Waals surface area (Å²) in [6.45, 7) is 2.42. The van der Waals surface area contributed by atoms with Gasteiger partial charge in [0.15, 0.2) is 0 Å². The Morgan fingerprint density at radius 2 is 2.08 bits per heavy atom. The molecule has 0 radical (unpaired) electrons. The Hall–Kier alpha value is -1.85. The summed E-state index contributed by atoms with van der Waals surface area (Å²) in [5.41, 5.74) is 8.86. The van der Waals surface area contributed by atoms with E-state index in [-0.39, 0.29) is 24.4 Å². The van der Waals surface area contributed by atoms with E-state index in [0.29, 0.717) is 24.8 Å². The van der Waals surface area contributed by atoms with Crippen LogP contribution in [-0.4, -0.2) is 16.9 Å². The van der Waals surface area contributed by atoms with Crippen molar-refractivity contribution in [2.75, 3.05) is 0 Å². The largest absolute Gasteiger partial charge is 0.444 e. The number of carbonyl (C=O) groups is 1. The molecule has 0 bridgehead atoms. The second-order valence-corrected chi connectivity index (χ2v) is 6.35. The van der Waals surface area contributed by atoms with Gasteiger partial charge in [0.05, 0.1) is 12.2 Å². The molecule has 1 aliphatic rings. The first-order valence-electron chi connectivity index (χ1n) is 8.15. The van der Waals surface area contributed by atoms with Crippen molar-refractivity contribution in [3.8, 4) is 11.5 Å². The van der Waals surface area contributed by atoms with E-state index >= 15 is 0 Å². The molecule has 0 aliphatic heterocycles. The Morgan fingerprint density at radius 3 is 2.75 bits per heavy atom. The fraction of sp³-hybridized carbons (Fsp3) is 0.444. The van der Waals surface area contributed by atoms with Crippen molar-refractivity contribution < 1.29 is 9.21 Å². The van der Waals surface area contributed by atoms with Gasteiger partial charge in [-0.25, -0.2) is 4.98 Å². The van der Waals surface area contributed by atoms with Crippen LogP contribution in [0.15, 0.2) is 34.9 Å². The minimum Gasteiger partial charge on any atom is -0.444 e. The number of nitrogens with zero attached hydrogens (tertiary/aromatic N) is 1. The zero-order chi connectivity index (χ0) is 16.2. The lowest BCUT2D eigenvalue weighted by Gasteiger charge is -2.14. The van der Waals surface area contributed by atoms with E-state index in [4.69, 9.17) is 10.2 Å². The third-order valence-corrected chi connectivity index (χ3v) is 4.48. The van der Waals surface area contributed by atoms with E-state index < -0.39 is 0 Å². The van der Waals surface area contributed by atoms with Crippen LogP contribution in [0.25, 0.3) is 11.5 Å². The molecule has 1 saturated carbocycles. The number of nitrogens with one attached hydrogen (secondary N) is 1. The van der Waals surface area contributed by atoms with Gasteiger partial charge in [-0.15, -0.1) is 12.4 Å². The minimum atomic E-state index is 0. The summed E-state index contributed by atoms with van der Waals surface area (Å²) < 4.78 is 5.49. The highest BCUT2D eigenvalue weighted by atomic mass is 35.5. The average Bonchev–Trinajstić information content (AvgIpc) is 3.16. The van der Waals surface area contributed by atoms with Gasteiger partial charge < -0.3 is 15.5 Å². The molecule has 1 amide bonds. The van der Waals surface area contributed by atoms with Crippen molar-refractivity contribution >= 4 is 18.3 Å². The zero-order valence-electron chi connectivity index (χ0n) is 13.8. The summed E-state index contributed by atoms with van der Waals surface area (Å²) in [6.07, 6.45) is 5.31. The van der Waals surface area contributed by atoms with Crippen molar-refractivity contribution in [2.45, 2.75) is 45.2 Å². The van der Waals surface area contributed by atoms with Crippen LogP contribution >= 0.6 is 12.4 Å².